The van der Waals surface area contributed by atoms with Crippen molar-refractivity contribution in [3.63, 3.8) is 0 Å². The zero-order valence-corrected chi connectivity index (χ0v) is 14.5. The minimum Gasteiger partial charge on any atom is -0.356 e. The van der Waals surface area contributed by atoms with Crippen LogP contribution in [0.4, 0.5) is 0 Å². The monoisotopic (exact) mass is 333 g/mol. The Hall–Kier alpha value is -1.69. The molecule has 1 aliphatic carbocycles. The summed E-state index contributed by atoms with van der Waals surface area (Å²) in [4.78, 5) is 33.7. The number of aromatic amines is 1. The number of nitrogens with zero attached hydrogens (tertiary/aromatic N) is 1. The molecule has 0 radical (unpaired) electrons. The van der Waals surface area contributed by atoms with Gasteiger partial charge in [0.15, 0.2) is 0 Å². The van der Waals surface area contributed by atoms with Crippen LogP contribution in [0.2, 0.25) is 0 Å². The summed E-state index contributed by atoms with van der Waals surface area (Å²) in [5, 5.41) is 3.68. The fourth-order valence-electron chi connectivity index (χ4n) is 2.99. The van der Waals surface area contributed by atoms with Crippen LogP contribution in [0.15, 0.2) is 4.79 Å². The van der Waals surface area contributed by atoms with Crippen molar-refractivity contribution < 1.29 is 4.79 Å². The molecule has 0 unspecified atom stereocenters. The molecule has 0 aliphatic heterocycles. The Kier molecular flexibility index (Phi) is 4.80. The second-order valence-electron chi connectivity index (χ2n) is 6.58. The van der Waals surface area contributed by atoms with Gasteiger partial charge in [0.1, 0.15) is 10.7 Å². The van der Waals surface area contributed by atoms with Gasteiger partial charge >= 0.3 is 0 Å². The predicted molar refractivity (Wildman–Crippen MR) is 93.1 cm³/mol. The van der Waals surface area contributed by atoms with Gasteiger partial charge in [0, 0.05) is 24.3 Å². The average Bonchev–Trinajstić information content (AvgIpc) is 3.04. The van der Waals surface area contributed by atoms with E-state index in [0.29, 0.717) is 31.1 Å². The normalized spacial score (nSPS) is 13.7. The van der Waals surface area contributed by atoms with Crippen LogP contribution in [0.5, 0.6) is 0 Å². The number of amides is 1. The molecule has 5 nitrogen and oxygen atoms in total. The largest absolute Gasteiger partial charge is 0.356 e. The number of H-pyrrole nitrogens is 1. The maximum atomic E-state index is 12.3. The second-order valence-corrected chi connectivity index (χ2v) is 7.67. The third-order valence-corrected chi connectivity index (χ3v) is 5.44. The van der Waals surface area contributed by atoms with Crippen molar-refractivity contribution in [2.24, 2.45) is 5.92 Å². The van der Waals surface area contributed by atoms with Crippen molar-refractivity contribution in [3.8, 4) is 0 Å². The van der Waals surface area contributed by atoms with Crippen molar-refractivity contribution in [2.75, 3.05) is 6.54 Å². The first kappa shape index (κ1) is 16.2. The zero-order chi connectivity index (χ0) is 16.4. The molecule has 124 valence electrons. The van der Waals surface area contributed by atoms with E-state index in [1.807, 2.05) is 0 Å². The fraction of sp³-hybridized carbons (Fsp3) is 0.588. The van der Waals surface area contributed by atoms with E-state index in [9.17, 15) is 9.59 Å². The number of hydrogen-bond acceptors (Lipinski definition) is 4. The highest BCUT2D eigenvalue weighted by Crippen LogP contribution is 2.34. The Morgan fingerprint density at radius 2 is 2.22 bits per heavy atom. The molecule has 1 aliphatic rings. The van der Waals surface area contributed by atoms with Crippen molar-refractivity contribution in [1.29, 1.82) is 0 Å². The number of carbonyl (C=O) groups excluding carboxylic acids is 1. The molecule has 0 fully saturated rings. The van der Waals surface area contributed by atoms with Crippen LogP contribution >= 0.6 is 11.3 Å². The van der Waals surface area contributed by atoms with Gasteiger partial charge < -0.3 is 10.3 Å². The van der Waals surface area contributed by atoms with Crippen LogP contribution in [-0.2, 0) is 24.1 Å². The highest BCUT2D eigenvalue weighted by atomic mass is 32.1. The SMILES string of the molecule is CC(C)CCNC(=O)CCc1nc2sc3c(c2c(=O)[nH]1)CCC3. The van der Waals surface area contributed by atoms with Crippen LogP contribution in [-0.4, -0.2) is 22.4 Å². The number of thiophene rings is 1. The standard InChI is InChI=1S/C17H23N3O2S/c1-10(2)8-9-18-14(21)7-6-13-19-16(22)15-11-4-3-5-12(11)23-17(15)20-13/h10H,3-9H2,1-2H3,(H,18,21)(H,19,20,22). The molecule has 0 bridgehead atoms. The number of nitrogens with one attached hydrogen (secondary N) is 2. The molecule has 2 heterocycles. The van der Waals surface area contributed by atoms with Gasteiger partial charge in [0.25, 0.3) is 5.56 Å². The summed E-state index contributed by atoms with van der Waals surface area (Å²) in [5.41, 5.74) is 1.14. The molecule has 23 heavy (non-hydrogen) atoms. The molecule has 0 aromatic carbocycles. The first-order chi connectivity index (χ1) is 11.0. The van der Waals surface area contributed by atoms with Gasteiger partial charge in [-0.05, 0) is 37.2 Å². The molecule has 1 amide bonds. The quantitative estimate of drug-likeness (QED) is 0.853. The molecule has 0 atom stereocenters. The summed E-state index contributed by atoms with van der Waals surface area (Å²) in [7, 11) is 0. The van der Waals surface area contributed by atoms with Gasteiger partial charge in [0.2, 0.25) is 5.91 Å². The molecular weight excluding hydrogens is 310 g/mol. The van der Waals surface area contributed by atoms with E-state index < -0.39 is 0 Å². The van der Waals surface area contributed by atoms with E-state index >= 15 is 0 Å². The third kappa shape index (κ3) is 3.63. The molecular formula is C17H23N3O2S. The smallest absolute Gasteiger partial charge is 0.259 e. The molecule has 6 heteroatoms. The first-order valence-electron chi connectivity index (χ1n) is 8.34. The Labute approximate surface area is 139 Å². The minimum atomic E-state index is -0.0513. The molecule has 0 saturated carbocycles. The van der Waals surface area contributed by atoms with Crippen LogP contribution in [0.25, 0.3) is 10.2 Å². The molecule has 2 N–H and O–H groups in total. The van der Waals surface area contributed by atoms with Gasteiger partial charge in [-0.3, -0.25) is 9.59 Å². The van der Waals surface area contributed by atoms with Crippen LogP contribution in [0.1, 0.15) is 49.4 Å². The fourth-order valence-corrected chi connectivity index (χ4v) is 4.27. The van der Waals surface area contributed by atoms with E-state index in [2.05, 4.69) is 29.1 Å². The highest BCUT2D eigenvalue weighted by Gasteiger charge is 2.21. The van der Waals surface area contributed by atoms with Crippen LogP contribution < -0.4 is 10.9 Å². The average molecular weight is 333 g/mol. The Bertz CT molecular complexity index is 776. The summed E-state index contributed by atoms with van der Waals surface area (Å²) >= 11 is 1.63. The number of carbonyl (C=O) groups is 1. The van der Waals surface area contributed by atoms with Gasteiger partial charge in [-0.1, -0.05) is 13.8 Å². The molecule has 0 saturated heterocycles. The summed E-state index contributed by atoms with van der Waals surface area (Å²) in [5.74, 6) is 1.21. The third-order valence-electron chi connectivity index (χ3n) is 4.26. The number of hydrogen-bond donors (Lipinski definition) is 2. The van der Waals surface area contributed by atoms with E-state index in [-0.39, 0.29) is 11.5 Å². The summed E-state index contributed by atoms with van der Waals surface area (Å²) in [6.07, 6.45) is 4.99. The molecule has 3 rings (SSSR count). The van der Waals surface area contributed by atoms with Crippen molar-refractivity contribution in [2.45, 2.75) is 52.4 Å². The van der Waals surface area contributed by atoms with E-state index in [1.54, 1.807) is 11.3 Å². The maximum absolute atomic E-state index is 12.3. The Morgan fingerprint density at radius 1 is 1.39 bits per heavy atom. The highest BCUT2D eigenvalue weighted by molar-refractivity contribution is 7.18. The Balaban J connectivity index is 1.65. The number of aryl methyl sites for hydroxylation is 3. The van der Waals surface area contributed by atoms with Crippen molar-refractivity contribution >= 4 is 27.5 Å². The molecule has 0 spiro atoms. The first-order valence-corrected chi connectivity index (χ1v) is 9.16. The van der Waals surface area contributed by atoms with E-state index in [0.717, 1.165) is 35.9 Å². The van der Waals surface area contributed by atoms with Gasteiger partial charge in [-0.25, -0.2) is 4.98 Å². The second kappa shape index (κ2) is 6.83. The van der Waals surface area contributed by atoms with E-state index in [1.165, 1.54) is 10.4 Å². The number of fused-ring (bicyclic) bond motifs is 3. The van der Waals surface area contributed by atoms with Crippen molar-refractivity contribution in [3.05, 3.63) is 26.6 Å². The van der Waals surface area contributed by atoms with Crippen LogP contribution in [0, 0.1) is 5.92 Å². The number of rotatable bonds is 6. The summed E-state index contributed by atoms with van der Waals surface area (Å²) in [6, 6.07) is 0. The minimum absolute atomic E-state index is 0.0158. The van der Waals surface area contributed by atoms with Gasteiger partial charge in [0.05, 0.1) is 5.39 Å². The van der Waals surface area contributed by atoms with E-state index in [4.69, 9.17) is 0 Å². The lowest BCUT2D eigenvalue weighted by atomic mass is 10.1. The summed E-state index contributed by atoms with van der Waals surface area (Å²) < 4.78 is 0. The molecule has 2 aromatic heterocycles. The van der Waals surface area contributed by atoms with Crippen LogP contribution in [0.3, 0.4) is 0 Å². The lowest BCUT2D eigenvalue weighted by Crippen LogP contribution is -2.26. The summed E-state index contributed by atoms with van der Waals surface area (Å²) in [6.45, 7) is 4.97. The zero-order valence-electron chi connectivity index (χ0n) is 13.7. The Morgan fingerprint density at radius 3 is 3.00 bits per heavy atom. The lowest BCUT2D eigenvalue weighted by molar-refractivity contribution is -0.121. The van der Waals surface area contributed by atoms with Gasteiger partial charge in [-0.2, -0.15) is 0 Å². The molecule has 2 aromatic rings. The predicted octanol–water partition coefficient (Wildman–Crippen LogP) is 2.57. The maximum Gasteiger partial charge on any atom is 0.259 e. The van der Waals surface area contributed by atoms with Crippen molar-refractivity contribution in [1.82, 2.24) is 15.3 Å². The topological polar surface area (TPSA) is 74.8 Å². The van der Waals surface area contributed by atoms with Gasteiger partial charge in [-0.15, -0.1) is 11.3 Å². The number of aromatic nitrogens is 2. The lowest BCUT2D eigenvalue weighted by Gasteiger charge is -2.07.